The standard InChI is InChI=1S/C16H23FN2O/c1-3-19-10-9-18(12-13(19)2)8-7-16(20)14-5-4-6-15(17)11-14/h4-6,11,13H,3,7-10,12H2,1-2H3. The number of piperazine rings is 1. The Morgan fingerprint density at radius 3 is 2.85 bits per heavy atom. The van der Waals surface area contributed by atoms with Crippen LogP contribution in [0.5, 0.6) is 0 Å². The highest BCUT2D eigenvalue weighted by Crippen LogP contribution is 2.11. The zero-order chi connectivity index (χ0) is 14.5. The lowest BCUT2D eigenvalue weighted by Crippen LogP contribution is -2.51. The number of halogens is 1. The van der Waals surface area contributed by atoms with Crippen LogP contribution in [0.25, 0.3) is 0 Å². The second-order valence-corrected chi connectivity index (χ2v) is 5.46. The first-order valence-corrected chi connectivity index (χ1v) is 7.35. The lowest BCUT2D eigenvalue weighted by atomic mass is 10.1. The molecule has 0 saturated carbocycles. The van der Waals surface area contributed by atoms with E-state index in [-0.39, 0.29) is 11.6 Å². The molecule has 1 heterocycles. The third-order valence-electron chi connectivity index (χ3n) is 4.06. The van der Waals surface area contributed by atoms with E-state index in [0.717, 1.165) is 32.7 Å². The number of benzene rings is 1. The minimum absolute atomic E-state index is 0.0232. The lowest BCUT2D eigenvalue weighted by molar-refractivity contribution is 0.0796. The Hall–Kier alpha value is -1.26. The average Bonchev–Trinajstić information content (AvgIpc) is 2.45. The van der Waals surface area contributed by atoms with Crippen molar-refractivity contribution in [3.63, 3.8) is 0 Å². The minimum atomic E-state index is -0.346. The quantitative estimate of drug-likeness (QED) is 0.773. The van der Waals surface area contributed by atoms with Crippen molar-refractivity contribution in [2.24, 2.45) is 0 Å². The van der Waals surface area contributed by atoms with Crippen molar-refractivity contribution in [1.82, 2.24) is 9.80 Å². The van der Waals surface area contributed by atoms with Gasteiger partial charge < -0.3 is 4.90 Å². The molecule has 20 heavy (non-hydrogen) atoms. The first-order valence-electron chi connectivity index (χ1n) is 7.35. The zero-order valence-corrected chi connectivity index (χ0v) is 12.3. The number of rotatable bonds is 5. The Morgan fingerprint density at radius 2 is 2.20 bits per heavy atom. The molecule has 110 valence electrons. The van der Waals surface area contributed by atoms with Crippen LogP contribution >= 0.6 is 0 Å². The van der Waals surface area contributed by atoms with E-state index in [1.54, 1.807) is 12.1 Å². The van der Waals surface area contributed by atoms with Gasteiger partial charge in [-0.3, -0.25) is 9.69 Å². The van der Waals surface area contributed by atoms with Crippen LogP contribution in [0.4, 0.5) is 4.39 Å². The molecule has 1 aliphatic rings. The second-order valence-electron chi connectivity index (χ2n) is 5.46. The number of carbonyl (C=O) groups excluding carboxylic acids is 1. The van der Waals surface area contributed by atoms with Crippen LogP contribution in [0.1, 0.15) is 30.6 Å². The van der Waals surface area contributed by atoms with E-state index in [1.165, 1.54) is 12.1 Å². The summed E-state index contributed by atoms with van der Waals surface area (Å²) in [7, 11) is 0. The molecule has 2 rings (SSSR count). The SMILES string of the molecule is CCN1CCN(CCC(=O)c2cccc(F)c2)CC1C. The van der Waals surface area contributed by atoms with Gasteiger partial charge in [0.25, 0.3) is 0 Å². The van der Waals surface area contributed by atoms with Gasteiger partial charge in [0.1, 0.15) is 5.82 Å². The smallest absolute Gasteiger partial charge is 0.164 e. The molecule has 0 N–H and O–H groups in total. The summed E-state index contributed by atoms with van der Waals surface area (Å²) in [5, 5.41) is 0. The Balaban J connectivity index is 1.82. The Kier molecular flexibility index (Phi) is 5.26. The molecule has 0 amide bonds. The van der Waals surface area contributed by atoms with Gasteiger partial charge in [-0.1, -0.05) is 19.1 Å². The van der Waals surface area contributed by atoms with E-state index < -0.39 is 0 Å². The van der Waals surface area contributed by atoms with Crippen molar-refractivity contribution < 1.29 is 9.18 Å². The van der Waals surface area contributed by atoms with Gasteiger partial charge in [-0.25, -0.2) is 4.39 Å². The van der Waals surface area contributed by atoms with E-state index in [4.69, 9.17) is 0 Å². The number of hydrogen-bond donors (Lipinski definition) is 0. The van der Waals surface area contributed by atoms with Crippen LogP contribution in [0, 0.1) is 5.82 Å². The summed E-state index contributed by atoms with van der Waals surface area (Å²) in [6.45, 7) is 9.32. The molecule has 1 saturated heterocycles. The zero-order valence-electron chi connectivity index (χ0n) is 12.3. The van der Waals surface area contributed by atoms with Crippen LogP contribution in [0.15, 0.2) is 24.3 Å². The van der Waals surface area contributed by atoms with Gasteiger partial charge in [-0.15, -0.1) is 0 Å². The van der Waals surface area contributed by atoms with Crippen LogP contribution in [0.2, 0.25) is 0 Å². The number of ketones is 1. The Labute approximate surface area is 120 Å². The van der Waals surface area contributed by atoms with E-state index in [0.29, 0.717) is 18.0 Å². The van der Waals surface area contributed by atoms with E-state index in [2.05, 4.69) is 23.6 Å². The van der Waals surface area contributed by atoms with Crippen molar-refractivity contribution in [1.29, 1.82) is 0 Å². The van der Waals surface area contributed by atoms with Gasteiger partial charge >= 0.3 is 0 Å². The number of nitrogens with zero attached hydrogens (tertiary/aromatic N) is 2. The van der Waals surface area contributed by atoms with Crippen molar-refractivity contribution in [3.8, 4) is 0 Å². The highest BCUT2D eigenvalue weighted by molar-refractivity contribution is 5.96. The maximum Gasteiger partial charge on any atom is 0.164 e. The average molecular weight is 278 g/mol. The molecule has 1 unspecified atom stereocenters. The topological polar surface area (TPSA) is 23.6 Å². The summed E-state index contributed by atoms with van der Waals surface area (Å²) in [5.41, 5.74) is 0.477. The molecule has 1 aromatic rings. The fourth-order valence-electron chi connectivity index (χ4n) is 2.81. The van der Waals surface area contributed by atoms with Crippen molar-refractivity contribution in [2.75, 3.05) is 32.7 Å². The number of likely N-dealkylation sites (N-methyl/N-ethyl adjacent to an activating group) is 1. The van der Waals surface area contributed by atoms with E-state index in [9.17, 15) is 9.18 Å². The fraction of sp³-hybridized carbons (Fsp3) is 0.562. The van der Waals surface area contributed by atoms with Crippen molar-refractivity contribution in [3.05, 3.63) is 35.6 Å². The molecule has 0 aliphatic carbocycles. The van der Waals surface area contributed by atoms with Gasteiger partial charge in [0.2, 0.25) is 0 Å². The highest BCUT2D eigenvalue weighted by Gasteiger charge is 2.22. The molecular formula is C16H23FN2O. The van der Waals surface area contributed by atoms with Gasteiger partial charge in [0.15, 0.2) is 5.78 Å². The van der Waals surface area contributed by atoms with E-state index >= 15 is 0 Å². The van der Waals surface area contributed by atoms with Gasteiger partial charge in [0.05, 0.1) is 0 Å². The number of carbonyl (C=O) groups is 1. The molecule has 0 spiro atoms. The minimum Gasteiger partial charge on any atom is -0.300 e. The first kappa shape index (κ1) is 15.1. The molecule has 0 aromatic heterocycles. The maximum absolute atomic E-state index is 13.1. The fourth-order valence-corrected chi connectivity index (χ4v) is 2.81. The summed E-state index contributed by atoms with van der Waals surface area (Å²) in [4.78, 5) is 16.8. The molecular weight excluding hydrogens is 255 g/mol. The van der Waals surface area contributed by atoms with Gasteiger partial charge in [-0.2, -0.15) is 0 Å². The summed E-state index contributed by atoms with van der Waals surface area (Å²) >= 11 is 0. The predicted molar refractivity (Wildman–Crippen MR) is 78.5 cm³/mol. The normalized spacial score (nSPS) is 21.1. The molecule has 1 fully saturated rings. The Bertz CT molecular complexity index is 464. The van der Waals surface area contributed by atoms with Crippen LogP contribution in [-0.4, -0.2) is 54.3 Å². The summed E-state index contributed by atoms with van der Waals surface area (Å²) in [6, 6.07) is 6.49. The summed E-state index contributed by atoms with van der Waals surface area (Å²) < 4.78 is 13.1. The van der Waals surface area contributed by atoms with Crippen LogP contribution in [0.3, 0.4) is 0 Å². The van der Waals surface area contributed by atoms with Crippen molar-refractivity contribution in [2.45, 2.75) is 26.3 Å². The highest BCUT2D eigenvalue weighted by atomic mass is 19.1. The summed E-state index contributed by atoms with van der Waals surface area (Å²) in [6.07, 6.45) is 0.461. The summed E-state index contributed by atoms with van der Waals surface area (Å²) in [5.74, 6) is -0.323. The molecule has 0 bridgehead atoms. The van der Waals surface area contributed by atoms with Gasteiger partial charge in [0, 0.05) is 44.2 Å². The van der Waals surface area contributed by atoms with E-state index in [1.807, 2.05) is 0 Å². The molecule has 0 radical (unpaired) electrons. The molecule has 1 aliphatic heterocycles. The van der Waals surface area contributed by atoms with Gasteiger partial charge in [-0.05, 0) is 25.6 Å². The molecule has 1 aromatic carbocycles. The van der Waals surface area contributed by atoms with Crippen LogP contribution in [-0.2, 0) is 0 Å². The van der Waals surface area contributed by atoms with Crippen molar-refractivity contribution >= 4 is 5.78 Å². The number of Topliss-reactive ketones (excluding diaryl/α,β-unsaturated/α-hetero) is 1. The molecule has 4 heteroatoms. The van der Waals surface area contributed by atoms with Crippen LogP contribution < -0.4 is 0 Å². The largest absolute Gasteiger partial charge is 0.300 e. The lowest BCUT2D eigenvalue weighted by Gasteiger charge is -2.39. The second kappa shape index (κ2) is 6.95. The maximum atomic E-state index is 13.1. The monoisotopic (exact) mass is 278 g/mol. The predicted octanol–water partition coefficient (Wildman–Crippen LogP) is 2.42. The number of hydrogen-bond acceptors (Lipinski definition) is 3. The molecule has 3 nitrogen and oxygen atoms in total. The third kappa shape index (κ3) is 3.87. The third-order valence-corrected chi connectivity index (χ3v) is 4.06. The Morgan fingerprint density at radius 1 is 1.40 bits per heavy atom. The molecule has 1 atom stereocenters. The first-order chi connectivity index (χ1) is 9.60.